The first-order valence-corrected chi connectivity index (χ1v) is 10.7. The number of anilines is 1. The van der Waals surface area contributed by atoms with E-state index in [0.29, 0.717) is 21.9 Å². The lowest BCUT2D eigenvalue weighted by atomic mass is 10.2. The predicted molar refractivity (Wildman–Crippen MR) is 114 cm³/mol. The Morgan fingerprint density at radius 1 is 0.966 bits per heavy atom. The second-order valence-corrected chi connectivity index (χ2v) is 8.37. The van der Waals surface area contributed by atoms with Crippen molar-refractivity contribution in [1.82, 2.24) is 4.98 Å². The zero-order valence-electron chi connectivity index (χ0n) is 15.2. The Labute approximate surface area is 175 Å². The molecule has 29 heavy (non-hydrogen) atoms. The number of rotatable bonds is 6. The number of thiazole rings is 1. The maximum absolute atomic E-state index is 13.6. The van der Waals surface area contributed by atoms with Crippen molar-refractivity contribution in [2.75, 3.05) is 10.7 Å². The van der Waals surface area contributed by atoms with Gasteiger partial charge in [-0.05, 0) is 48.0 Å². The summed E-state index contributed by atoms with van der Waals surface area (Å²) in [5.41, 5.74) is 1.63. The van der Waals surface area contributed by atoms with Gasteiger partial charge in [0.25, 0.3) is 0 Å². The maximum Gasteiger partial charge on any atom is 0.239 e. The molecule has 1 aromatic heterocycles. The number of hydrogen-bond donors (Lipinski definition) is 0. The zero-order valence-corrected chi connectivity index (χ0v) is 16.9. The molecule has 3 nitrogen and oxygen atoms in total. The standard InChI is InChI=1S/C22H16F2N2OS2/c23-16-6-9-18(10-7-16)28-14-21(27)26(13-15-4-2-1-3-5-15)22-25-19-11-8-17(24)12-20(19)29-22/h1-12H,13-14H2. The summed E-state index contributed by atoms with van der Waals surface area (Å²) in [4.78, 5) is 20.0. The number of carbonyl (C=O) groups excluding carboxylic acids is 1. The number of hydrogen-bond acceptors (Lipinski definition) is 4. The fourth-order valence-corrected chi connectivity index (χ4v) is 4.57. The maximum atomic E-state index is 13.6. The van der Waals surface area contributed by atoms with Crippen LogP contribution in [0.25, 0.3) is 10.2 Å². The monoisotopic (exact) mass is 426 g/mol. The number of amides is 1. The number of aromatic nitrogens is 1. The number of fused-ring (bicyclic) bond motifs is 1. The third kappa shape index (κ3) is 4.81. The lowest BCUT2D eigenvalue weighted by Gasteiger charge is -2.20. The van der Waals surface area contributed by atoms with Gasteiger partial charge in [-0.3, -0.25) is 9.69 Å². The fourth-order valence-electron chi connectivity index (χ4n) is 2.78. The molecule has 1 amide bonds. The summed E-state index contributed by atoms with van der Waals surface area (Å²) >= 11 is 2.62. The van der Waals surface area contributed by atoms with Crippen LogP contribution in [0.2, 0.25) is 0 Å². The summed E-state index contributed by atoms with van der Waals surface area (Å²) < 4.78 is 27.3. The highest BCUT2D eigenvalue weighted by molar-refractivity contribution is 8.00. The Morgan fingerprint density at radius 2 is 1.69 bits per heavy atom. The van der Waals surface area contributed by atoms with Crippen LogP contribution in [0.3, 0.4) is 0 Å². The quantitative estimate of drug-likeness (QED) is 0.360. The van der Waals surface area contributed by atoms with E-state index in [-0.39, 0.29) is 23.3 Å². The number of carbonyl (C=O) groups is 1. The van der Waals surface area contributed by atoms with Gasteiger partial charge in [0.1, 0.15) is 11.6 Å². The van der Waals surface area contributed by atoms with Crippen molar-refractivity contribution < 1.29 is 13.6 Å². The fraction of sp³-hybridized carbons (Fsp3) is 0.0909. The highest BCUT2D eigenvalue weighted by Crippen LogP contribution is 2.31. The van der Waals surface area contributed by atoms with Crippen molar-refractivity contribution in [2.45, 2.75) is 11.4 Å². The van der Waals surface area contributed by atoms with E-state index < -0.39 is 0 Å². The van der Waals surface area contributed by atoms with Crippen molar-refractivity contribution in [3.05, 3.63) is 90.0 Å². The molecule has 0 atom stereocenters. The van der Waals surface area contributed by atoms with Crippen molar-refractivity contribution in [3.8, 4) is 0 Å². The van der Waals surface area contributed by atoms with E-state index in [1.54, 1.807) is 23.1 Å². The van der Waals surface area contributed by atoms with E-state index in [1.165, 1.54) is 47.4 Å². The second-order valence-electron chi connectivity index (χ2n) is 6.32. The lowest BCUT2D eigenvalue weighted by Crippen LogP contribution is -2.31. The van der Waals surface area contributed by atoms with Gasteiger partial charge >= 0.3 is 0 Å². The first-order valence-electron chi connectivity index (χ1n) is 8.87. The lowest BCUT2D eigenvalue weighted by molar-refractivity contribution is -0.116. The summed E-state index contributed by atoms with van der Waals surface area (Å²) in [5, 5.41) is 0.527. The van der Waals surface area contributed by atoms with Crippen LogP contribution in [0.15, 0.2) is 77.7 Å². The van der Waals surface area contributed by atoms with Crippen LogP contribution < -0.4 is 4.90 Å². The van der Waals surface area contributed by atoms with Crippen molar-refractivity contribution >= 4 is 44.4 Å². The van der Waals surface area contributed by atoms with E-state index in [1.807, 2.05) is 30.3 Å². The second kappa shape index (κ2) is 8.71. The summed E-state index contributed by atoms with van der Waals surface area (Å²) in [6, 6.07) is 20.1. The Morgan fingerprint density at radius 3 is 2.45 bits per heavy atom. The van der Waals surface area contributed by atoms with Gasteiger partial charge in [0.05, 0.1) is 22.5 Å². The molecular formula is C22H16F2N2OS2. The van der Waals surface area contributed by atoms with Gasteiger partial charge in [0.2, 0.25) is 5.91 Å². The minimum absolute atomic E-state index is 0.122. The molecule has 0 fully saturated rings. The first-order chi connectivity index (χ1) is 14.1. The molecule has 4 rings (SSSR count). The van der Waals surface area contributed by atoms with Gasteiger partial charge in [-0.2, -0.15) is 0 Å². The molecule has 0 saturated carbocycles. The summed E-state index contributed by atoms with van der Waals surface area (Å²) in [5.74, 6) is -0.584. The number of benzene rings is 3. The topological polar surface area (TPSA) is 33.2 Å². The highest BCUT2D eigenvalue weighted by Gasteiger charge is 2.20. The van der Waals surface area contributed by atoms with E-state index >= 15 is 0 Å². The molecule has 3 aromatic carbocycles. The Bertz CT molecular complexity index is 1130. The molecular weight excluding hydrogens is 410 g/mol. The Balaban J connectivity index is 1.59. The first kappa shape index (κ1) is 19.5. The average molecular weight is 427 g/mol. The van der Waals surface area contributed by atoms with Gasteiger partial charge in [0, 0.05) is 4.90 Å². The average Bonchev–Trinajstić information content (AvgIpc) is 3.15. The van der Waals surface area contributed by atoms with Crippen molar-refractivity contribution in [1.29, 1.82) is 0 Å². The normalized spacial score (nSPS) is 11.0. The van der Waals surface area contributed by atoms with Crippen LogP contribution in [0, 0.1) is 11.6 Å². The largest absolute Gasteiger partial charge is 0.283 e. The molecule has 0 saturated heterocycles. The van der Waals surface area contributed by atoms with Crippen LogP contribution in [-0.4, -0.2) is 16.6 Å². The van der Waals surface area contributed by atoms with Gasteiger partial charge in [0.15, 0.2) is 5.13 Å². The summed E-state index contributed by atoms with van der Waals surface area (Å²) in [6.07, 6.45) is 0. The van der Waals surface area contributed by atoms with Gasteiger partial charge in [-0.1, -0.05) is 41.7 Å². The number of halogens is 2. The molecule has 0 aliphatic rings. The molecule has 1 heterocycles. The Kier molecular flexibility index (Phi) is 5.87. The van der Waals surface area contributed by atoms with E-state index in [4.69, 9.17) is 0 Å². The molecule has 0 radical (unpaired) electrons. The minimum atomic E-state index is -0.333. The summed E-state index contributed by atoms with van der Waals surface area (Å²) in [7, 11) is 0. The van der Waals surface area contributed by atoms with E-state index in [2.05, 4.69) is 4.98 Å². The molecule has 4 aromatic rings. The van der Waals surface area contributed by atoms with Gasteiger partial charge in [-0.25, -0.2) is 13.8 Å². The molecule has 0 bridgehead atoms. The smallest absolute Gasteiger partial charge is 0.239 e. The molecule has 0 aliphatic carbocycles. The predicted octanol–water partition coefficient (Wildman–Crippen LogP) is 5.90. The minimum Gasteiger partial charge on any atom is -0.283 e. The van der Waals surface area contributed by atoms with Crippen LogP contribution in [0.5, 0.6) is 0 Å². The zero-order chi connectivity index (χ0) is 20.2. The van der Waals surface area contributed by atoms with Crippen molar-refractivity contribution in [3.63, 3.8) is 0 Å². The molecule has 7 heteroatoms. The SMILES string of the molecule is O=C(CSc1ccc(F)cc1)N(Cc1ccccc1)c1nc2ccc(F)cc2s1. The van der Waals surface area contributed by atoms with Crippen LogP contribution in [0.1, 0.15) is 5.56 Å². The van der Waals surface area contributed by atoms with Crippen LogP contribution in [-0.2, 0) is 11.3 Å². The molecule has 146 valence electrons. The molecule has 0 unspecified atom stereocenters. The van der Waals surface area contributed by atoms with Gasteiger partial charge in [-0.15, -0.1) is 11.8 Å². The third-order valence-corrected chi connectivity index (χ3v) is 6.27. The molecule has 0 N–H and O–H groups in total. The van der Waals surface area contributed by atoms with Crippen LogP contribution >= 0.6 is 23.1 Å². The van der Waals surface area contributed by atoms with E-state index in [9.17, 15) is 13.6 Å². The van der Waals surface area contributed by atoms with Crippen LogP contribution in [0.4, 0.5) is 13.9 Å². The van der Waals surface area contributed by atoms with E-state index in [0.717, 1.165) is 10.5 Å². The molecule has 0 spiro atoms. The molecule has 0 aliphatic heterocycles. The van der Waals surface area contributed by atoms with Gasteiger partial charge < -0.3 is 0 Å². The number of nitrogens with zero attached hydrogens (tertiary/aromatic N) is 2. The van der Waals surface area contributed by atoms with Crippen molar-refractivity contribution in [2.24, 2.45) is 0 Å². The number of thioether (sulfide) groups is 1. The Hall–Kier alpha value is -2.77. The summed E-state index contributed by atoms with van der Waals surface area (Å²) in [6.45, 7) is 0.367. The highest BCUT2D eigenvalue weighted by atomic mass is 32.2. The third-order valence-electron chi connectivity index (χ3n) is 4.23.